The molecular weight excluding hydrogens is 270 g/mol. The highest BCUT2D eigenvalue weighted by molar-refractivity contribution is 5.60. The van der Waals surface area contributed by atoms with Gasteiger partial charge in [-0.15, -0.1) is 0 Å². The number of anilines is 1. The minimum atomic E-state index is -0.341. The van der Waals surface area contributed by atoms with Crippen molar-refractivity contribution < 1.29 is 4.92 Å². The molecule has 1 saturated carbocycles. The molecule has 1 aromatic rings. The summed E-state index contributed by atoms with van der Waals surface area (Å²) in [6.45, 7) is 6.35. The van der Waals surface area contributed by atoms with Gasteiger partial charge in [0.2, 0.25) is 5.82 Å². The minimum Gasteiger partial charge on any atom is -0.363 e. The third-order valence-corrected chi connectivity index (χ3v) is 4.54. The number of nitrogens with one attached hydrogen (secondary N) is 1. The van der Waals surface area contributed by atoms with Crippen molar-refractivity contribution in [3.05, 3.63) is 15.8 Å². The zero-order valence-electron chi connectivity index (χ0n) is 13.5. The Bertz CT molecular complexity index is 532. The molecule has 1 aliphatic carbocycles. The predicted molar refractivity (Wildman–Crippen MR) is 82.8 cm³/mol. The van der Waals surface area contributed by atoms with E-state index in [9.17, 15) is 10.1 Å². The standard InChI is InChI=1S/C14H25N5O2/c1-10(2)18-13(12(19(20)21)11(3)16-18)15-9-14(17(4)5)7-6-8-14/h10,15H,6-9H2,1-5H3. The van der Waals surface area contributed by atoms with Crippen LogP contribution in [0.15, 0.2) is 0 Å². The lowest BCUT2D eigenvalue weighted by Crippen LogP contribution is -2.54. The zero-order valence-corrected chi connectivity index (χ0v) is 13.5. The molecule has 0 atom stereocenters. The van der Waals surface area contributed by atoms with Crippen molar-refractivity contribution in [3.63, 3.8) is 0 Å². The molecule has 1 fully saturated rings. The summed E-state index contributed by atoms with van der Waals surface area (Å²) in [4.78, 5) is 13.2. The first-order chi connectivity index (χ1) is 9.78. The van der Waals surface area contributed by atoms with Crippen molar-refractivity contribution in [1.29, 1.82) is 0 Å². The average molecular weight is 295 g/mol. The van der Waals surface area contributed by atoms with Crippen molar-refractivity contribution in [3.8, 4) is 0 Å². The molecule has 0 bridgehead atoms. The first-order valence-corrected chi connectivity index (χ1v) is 7.43. The van der Waals surface area contributed by atoms with Crippen LogP contribution in [0.1, 0.15) is 44.8 Å². The fraction of sp³-hybridized carbons (Fsp3) is 0.786. The first-order valence-electron chi connectivity index (χ1n) is 7.43. The van der Waals surface area contributed by atoms with Crippen LogP contribution in [0.4, 0.5) is 11.5 Å². The summed E-state index contributed by atoms with van der Waals surface area (Å²) >= 11 is 0. The largest absolute Gasteiger partial charge is 0.363 e. The number of nitro groups is 1. The number of likely N-dealkylation sites (N-methyl/N-ethyl adjacent to an activating group) is 1. The molecule has 0 spiro atoms. The van der Waals surface area contributed by atoms with Crippen molar-refractivity contribution in [1.82, 2.24) is 14.7 Å². The molecule has 1 N–H and O–H groups in total. The number of rotatable bonds is 6. The summed E-state index contributed by atoms with van der Waals surface area (Å²) in [5.74, 6) is 0.528. The quantitative estimate of drug-likeness (QED) is 0.645. The smallest absolute Gasteiger partial charge is 0.333 e. The second-order valence-corrected chi connectivity index (χ2v) is 6.40. The van der Waals surface area contributed by atoms with Crippen molar-refractivity contribution in [2.24, 2.45) is 0 Å². The van der Waals surface area contributed by atoms with Crippen molar-refractivity contribution in [2.45, 2.75) is 51.6 Å². The lowest BCUT2D eigenvalue weighted by atomic mass is 9.75. The van der Waals surface area contributed by atoms with Gasteiger partial charge in [0.25, 0.3) is 0 Å². The number of nitrogens with zero attached hydrogens (tertiary/aromatic N) is 4. The van der Waals surface area contributed by atoms with E-state index in [1.807, 2.05) is 13.8 Å². The van der Waals surface area contributed by atoms with Gasteiger partial charge < -0.3 is 10.2 Å². The lowest BCUT2D eigenvalue weighted by molar-refractivity contribution is -0.384. The maximum atomic E-state index is 11.3. The topological polar surface area (TPSA) is 76.2 Å². The van der Waals surface area contributed by atoms with Gasteiger partial charge >= 0.3 is 5.69 Å². The number of aromatic nitrogens is 2. The van der Waals surface area contributed by atoms with E-state index in [4.69, 9.17) is 0 Å². The molecule has 1 aliphatic rings. The van der Waals surface area contributed by atoms with E-state index in [0.29, 0.717) is 18.1 Å². The Kier molecular flexibility index (Phi) is 4.22. The Morgan fingerprint density at radius 3 is 2.48 bits per heavy atom. The van der Waals surface area contributed by atoms with E-state index >= 15 is 0 Å². The number of aryl methyl sites for hydroxylation is 1. The van der Waals surface area contributed by atoms with E-state index in [-0.39, 0.29) is 22.2 Å². The monoisotopic (exact) mass is 295 g/mol. The zero-order chi connectivity index (χ0) is 15.8. The Hall–Kier alpha value is -1.63. The van der Waals surface area contributed by atoms with Gasteiger partial charge in [0.1, 0.15) is 5.69 Å². The molecule has 0 saturated heterocycles. The fourth-order valence-electron chi connectivity index (χ4n) is 2.91. The first kappa shape index (κ1) is 15.8. The van der Waals surface area contributed by atoms with Crippen LogP contribution in [0.2, 0.25) is 0 Å². The van der Waals surface area contributed by atoms with Gasteiger partial charge in [-0.1, -0.05) is 0 Å². The van der Waals surface area contributed by atoms with E-state index in [1.54, 1.807) is 11.6 Å². The molecule has 7 heteroatoms. The summed E-state index contributed by atoms with van der Waals surface area (Å²) in [5, 5.41) is 18.9. The molecule has 0 aromatic carbocycles. The van der Waals surface area contributed by atoms with Crippen molar-refractivity contribution >= 4 is 11.5 Å². The lowest BCUT2D eigenvalue weighted by Gasteiger charge is -2.47. The van der Waals surface area contributed by atoms with E-state index in [0.717, 1.165) is 12.8 Å². The van der Waals surface area contributed by atoms with Crippen molar-refractivity contribution in [2.75, 3.05) is 26.0 Å². The Balaban J connectivity index is 2.28. The molecule has 0 radical (unpaired) electrons. The number of hydrogen-bond acceptors (Lipinski definition) is 5. The molecule has 0 aliphatic heterocycles. The van der Waals surface area contributed by atoms with Crippen LogP contribution in [0.3, 0.4) is 0 Å². The predicted octanol–water partition coefficient (Wildman–Crippen LogP) is 2.58. The molecule has 7 nitrogen and oxygen atoms in total. The minimum absolute atomic E-state index is 0.0802. The Morgan fingerprint density at radius 2 is 2.10 bits per heavy atom. The second kappa shape index (κ2) is 5.63. The molecule has 1 heterocycles. The summed E-state index contributed by atoms with van der Waals surface area (Å²) in [5.41, 5.74) is 0.661. The fourth-order valence-corrected chi connectivity index (χ4v) is 2.91. The highest BCUT2D eigenvalue weighted by Crippen LogP contribution is 2.38. The molecule has 0 amide bonds. The van der Waals surface area contributed by atoms with Gasteiger partial charge in [-0.25, -0.2) is 4.68 Å². The molecule has 2 rings (SSSR count). The van der Waals surface area contributed by atoms with E-state index in [2.05, 4.69) is 29.4 Å². The summed E-state index contributed by atoms with van der Waals surface area (Å²) < 4.78 is 1.72. The molecule has 1 aromatic heterocycles. The van der Waals surface area contributed by atoms with Gasteiger partial charge in [0.05, 0.1) is 4.92 Å². The van der Waals surface area contributed by atoms with Crippen LogP contribution in [-0.2, 0) is 0 Å². The Labute approximate surface area is 125 Å². The van der Waals surface area contributed by atoms with Gasteiger partial charge in [-0.2, -0.15) is 5.10 Å². The van der Waals surface area contributed by atoms with E-state index in [1.165, 1.54) is 6.42 Å². The summed E-state index contributed by atoms with van der Waals surface area (Å²) in [7, 11) is 4.14. The Morgan fingerprint density at radius 1 is 1.48 bits per heavy atom. The SMILES string of the molecule is Cc1nn(C(C)C)c(NCC2(N(C)C)CCC2)c1[N+](=O)[O-]. The van der Waals surface area contributed by atoms with Gasteiger partial charge in [0, 0.05) is 18.1 Å². The van der Waals surface area contributed by atoms with Crippen LogP contribution in [0.5, 0.6) is 0 Å². The highest BCUT2D eigenvalue weighted by atomic mass is 16.6. The van der Waals surface area contributed by atoms with Crippen LogP contribution < -0.4 is 5.32 Å². The van der Waals surface area contributed by atoms with Gasteiger partial charge in [-0.3, -0.25) is 10.1 Å². The summed E-state index contributed by atoms with van der Waals surface area (Å²) in [6.07, 6.45) is 3.45. The summed E-state index contributed by atoms with van der Waals surface area (Å²) in [6, 6.07) is 0.0802. The van der Waals surface area contributed by atoms with Gasteiger partial charge in [-0.05, 0) is 54.1 Å². The van der Waals surface area contributed by atoms with Crippen LogP contribution in [-0.4, -0.2) is 45.8 Å². The highest BCUT2D eigenvalue weighted by Gasteiger charge is 2.40. The maximum absolute atomic E-state index is 11.3. The second-order valence-electron chi connectivity index (χ2n) is 6.40. The van der Waals surface area contributed by atoms with Crippen LogP contribution in [0.25, 0.3) is 0 Å². The molecule has 21 heavy (non-hydrogen) atoms. The van der Waals surface area contributed by atoms with Crippen LogP contribution >= 0.6 is 0 Å². The van der Waals surface area contributed by atoms with Crippen LogP contribution in [0, 0.1) is 17.0 Å². The average Bonchev–Trinajstić information content (AvgIpc) is 2.64. The maximum Gasteiger partial charge on any atom is 0.333 e. The third-order valence-electron chi connectivity index (χ3n) is 4.54. The normalized spacial score (nSPS) is 17.1. The number of hydrogen-bond donors (Lipinski definition) is 1. The molecule has 118 valence electrons. The molecule has 0 unspecified atom stereocenters. The van der Waals surface area contributed by atoms with Gasteiger partial charge in [0.15, 0.2) is 0 Å². The molecular formula is C14H25N5O2. The van der Waals surface area contributed by atoms with E-state index < -0.39 is 0 Å². The third kappa shape index (κ3) is 2.74.